The molecule has 2 nitrogen and oxygen atoms in total. The highest BCUT2D eigenvalue weighted by Gasteiger charge is 2.15. The van der Waals surface area contributed by atoms with Gasteiger partial charge in [0.05, 0.1) is 5.69 Å². The molecule has 1 atom stereocenters. The van der Waals surface area contributed by atoms with Gasteiger partial charge in [0, 0.05) is 18.7 Å². The Morgan fingerprint density at radius 1 is 1.31 bits per heavy atom. The molecule has 16 heavy (non-hydrogen) atoms. The van der Waals surface area contributed by atoms with E-state index in [9.17, 15) is 8.78 Å². The lowest BCUT2D eigenvalue weighted by Crippen LogP contribution is -2.38. The van der Waals surface area contributed by atoms with Crippen molar-refractivity contribution in [2.24, 2.45) is 0 Å². The van der Waals surface area contributed by atoms with Gasteiger partial charge in [0.1, 0.15) is 11.6 Å². The van der Waals surface area contributed by atoms with Gasteiger partial charge in [-0.05, 0) is 37.9 Å². The Balaban J connectivity index is 2.11. The van der Waals surface area contributed by atoms with Crippen LogP contribution < -0.4 is 10.6 Å². The molecular weight excluding hydrogens is 210 g/mol. The van der Waals surface area contributed by atoms with E-state index < -0.39 is 0 Å². The van der Waals surface area contributed by atoms with Crippen LogP contribution in [-0.4, -0.2) is 19.1 Å². The van der Waals surface area contributed by atoms with Crippen molar-refractivity contribution in [3.8, 4) is 0 Å². The summed E-state index contributed by atoms with van der Waals surface area (Å²) in [7, 11) is 0. The van der Waals surface area contributed by atoms with E-state index >= 15 is 0 Å². The quantitative estimate of drug-likeness (QED) is 0.809. The van der Waals surface area contributed by atoms with Crippen LogP contribution in [-0.2, 0) is 0 Å². The molecule has 1 fully saturated rings. The Morgan fingerprint density at radius 3 is 2.81 bits per heavy atom. The van der Waals surface area contributed by atoms with Gasteiger partial charge in [-0.2, -0.15) is 0 Å². The van der Waals surface area contributed by atoms with Crippen molar-refractivity contribution in [2.75, 3.05) is 18.4 Å². The predicted molar refractivity (Wildman–Crippen MR) is 60.6 cm³/mol. The molecular formula is C12H16F2N2. The highest BCUT2D eigenvalue weighted by atomic mass is 19.1. The van der Waals surface area contributed by atoms with Crippen molar-refractivity contribution < 1.29 is 8.78 Å². The van der Waals surface area contributed by atoms with Crippen LogP contribution in [0, 0.1) is 18.6 Å². The topological polar surface area (TPSA) is 24.1 Å². The van der Waals surface area contributed by atoms with E-state index in [4.69, 9.17) is 0 Å². The van der Waals surface area contributed by atoms with Crippen LogP contribution in [0.25, 0.3) is 0 Å². The molecule has 1 saturated heterocycles. The second-order valence-corrected chi connectivity index (χ2v) is 4.27. The van der Waals surface area contributed by atoms with Crippen molar-refractivity contribution in [1.82, 2.24) is 5.32 Å². The van der Waals surface area contributed by atoms with Crippen LogP contribution >= 0.6 is 0 Å². The summed E-state index contributed by atoms with van der Waals surface area (Å²) >= 11 is 0. The number of nitrogens with one attached hydrogen (secondary N) is 2. The lowest BCUT2D eigenvalue weighted by Gasteiger charge is -2.25. The average Bonchev–Trinajstić information content (AvgIpc) is 2.27. The summed E-state index contributed by atoms with van der Waals surface area (Å²) in [5, 5.41) is 6.26. The Bertz CT molecular complexity index is 374. The Kier molecular flexibility index (Phi) is 3.39. The average molecular weight is 226 g/mol. The molecule has 1 aromatic rings. The molecule has 1 aromatic carbocycles. The molecule has 88 valence electrons. The molecule has 0 saturated carbocycles. The van der Waals surface area contributed by atoms with Crippen molar-refractivity contribution in [1.29, 1.82) is 0 Å². The Morgan fingerprint density at radius 2 is 2.12 bits per heavy atom. The van der Waals surface area contributed by atoms with Crippen LogP contribution in [0.3, 0.4) is 0 Å². The third-order valence-corrected chi connectivity index (χ3v) is 2.90. The van der Waals surface area contributed by atoms with Gasteiger partial charge in [-0.1, -0.05) is 0 Å². The van der Waals surface area contributed by atoms with E-state index in [-0.39, 0.29) is 23.4 Å². The van der Waals surface area contributed by atoms with Gasteiger partial charge in [0.15, 0.2) is 0 Å². The van der Waals surface area contributed by atoms with Crippen molar-refractivity contribution in [3.63, 3.8) is 0 Å². The second kappa shape index (κ2) is 4.78. The third kappa shape index (κ3) is 2.50. The molecule has 1 unspecified atom stereocenters. The van der Waals surface area contributed by atoms with E-state index in [0.29, 0.717) is 5.56 Å². The summed E-state index contributed by atoms with van der Waals surface area (Å²) in [5.41, 5.74) is 0.599. The maximum atomic E-state index is 13.5. The monoisotopic (exact) mass is 226 g/mol. The first-order valence-corrected chi connectivity index (χ1v) is 5.59. The molecule has 0 spiro atoms. The molecule has 0 bridgehead atoms. The number of halogens is 2. The predicted octanol–water partition coefficient (Wildman–Crippen LogP) is 2.44. The number of anilines is 1. The van der Waals surface area contributed by atoms with Gasteiger partial charge in [-0.25, -0.2) is 8.78 Å². The number of hydrogen-bond donors (Lipinski definition) is 2. The fourth-order valence-electron chi connectivity index (χ4n) is 1.95. The fourth-order valence-corrected chi connectivity index (χ4v) is 1.95. The number of piperidine rings is 1. The van der Waals surface area contributed by atoms with Crippen LogP contribution in [0.1, 0.15) is 18.4 Å². The number of aryl methyl sites for hydroxylation is 1. The zero-order valence-electron chi connectivity index (χ0n) is 9.32. The molecule has 0 aliphatic carbocycles. The van der Waals surface area contributed by atoms with Crippen LogP contribution in [0.4, 0.5) is 14.5 Å². The van der Waals surface area contributed by atoms with Gasteiger partial charge in [0.2, 0.25) is 0 Å². The van der Waals surface area contributed by atoms with Gasteiger partial charge in [-0.3, -0.25) is 0 Å². The minimum absolute atomic E-state index is 0.186. The highest BCUT2D eigenvalue weighted by Crippen LogP contribution is 2.20. The maximum Gasteiger partial charge on any atom is 0.146 e. The van der Waals surface area contributed by atoms with Gasteiger partial charge >= 0.3 is 0 Å². The lowest BCUT2D eigenvalue weighted by atomic mass is 10.1. The molecule has 1 aliphatic rings. The molecule has 4 heteroatoms. The minimum atomic E-state index is -0.385. The molecule has 1 heterocycles. The van der Waals surface area contributed by atoms with Gasteiger partial charge in [0.25, 0.3) is 0 Å². The molecule has 0 radical (unpaired) electrons. The normalized spacial score (nSPS) is 20.8. The molecule has 0 amide bonds. The van der Waals surface area contributed by atoms with Crippen molar-refractivity contribution in [2.45, 2.75) is 25.8 Å². The standard InChI is InChI=1S/C12H16F2N2/c1-8-5-11(14)12(6-10(8)13)16-9-3-2-4-15-7-9/h5-6,9,15-16H,2-4,7H2,1H3. The summed E-state index contributed by atoms with van der Waals surface area (Å²) in [5.74, 6) is -0.753. The molecule has 0 aromatic heterocycles. The van der Waals surface area contributed by atoms with E-state index in [2.05, 4.69) is 10.6 Å². The first-order valence-electron chi connectivity index (χ1n) is 5.59. The van der Waals surface area contributed by atoms with Crippen molar-refractivity contribution >= 4 is 5.69 Å². The summed E-state index contributed by atoms with van der Waals surface area (Å²) in [6.07, 6.45) is 2.05. The van der Waals surface area contributed by atoms with Crippen LogP contribution in [0.5, 0.6) is 0 Å². The highest BCUT2D eigenvalue weighted by molar-refractivity contribution is 5.47. The Hall–Kier alpha value is -1.16. The molecule has 2 N–H and O–H groups in total. The molecule has 2 rings (SSSR count). The first kappa shape index (κ1) is 11.3. The molecule has 1 aliphatic heterocycles. The van der Waals surface area contributed by atoms with E-state index in [1.54, 1.807) is 6.92 Å². The van der Waals surface area contributed by atoms with E-state index in [0.717, 1.165) is 25.9 Å². The lowest BCUT2D eigenvalue weighted by molar-refractivity contribution is 0.477. The summed E-state index contributed by atoms with van der Waals surface area (Å²) < 4.78 is 26.8. The third-order valence-electron chi connectivity index (χ3n) is 2.90. The first-order chi connectivity index (χ1) is 7.66. The van der Waals surface area contributed by atoms with E-state index in [1.165, 1.54) is 12.1 Å². The largest absolute Gasteiger partial charge is 0.379 e. The van der Waals surface area contributed by atoms with Crippen LogP contribution in [0.2, 0.25) is 0 Å². The second-order valence-electron chi connectivity index (χ2n) is 4.27. The number of rotatable bonds is 2. The van der Waals surface area contributed by atoms with Gasteiger partial charge < -0.3 is 10.6 Å². The number of benzene rings is 1. The smallest absolute Gasteiger partial charge is 0.146 e. The summed E-state index contributed by atoms with van der Waals surface area (Å²) in [6, 6.07) is 2.65. The van der Waals surface area contributed by atoms with Crippen LogP contribution in [0.15, 0.2) is 12.1 Å². The fraction of sp³-hybridized carbons (Fsp3) is 0.500. The zero-order valence-corrected chi connectivity index (χ0v) is 9.32. The van der Waals surface area contributed by atoms with Gasteiger partial charge in [-0.15, -0.1) is 0 Å². The Labute approximate surface area is 94.0 Å². The zero-order chi connectivity index (χ0) is 11.5. The summed E-state index contributed by atoms with van der Waals surface area (Å²) in [4.78, 5) is 0. The minimum Gasteiger partial charge on any atom is -0.379 e. The SMILES string of the molecule is Cc1cc(F)c(NC2CCCNC2)cc1F. The maximum absolute atomic E-state index is 13.5. The number of hydrogen-bond acceptors (Lipinski definition) is 2. The van der Waals surface area contributed by atoms with E-state index in [1.807, 2.05) is 0 Å². The summed E-state index contributed by atoms with van der Waals surface area (Å²) in [6.45, 7) is 3.36. The van der Waals surface area contributed by atoms with Crippen molar-refractivity contribution in [3.05, 3.63) is 29.3 Å².